The van der Waals surface area contributed by atoms with E-state index in [-0.39, 0.29) is 18.4 Å². The zero-order valence-electron chi connectivity index (χ0n) is 11.6. The van der Waals surface area contributed by atoms with Crippen LogP contribution in [0.15, 0.2) is 24.3 Å². The number of aliphatic hydroxyl groups is 1. The molecule has 0 fully saturated rings. The predicted octanol–water partition coefficient (Wildman–Crippen LogP) is 1.11. The van der Waals surface area contributed by atoms with E-state index < -0.39 is 0 Å². The van der Waals surface area contributed by atoms with Gasteiger partial charge < -0.3 is 15.7 Å². The van der Waals surface area contributed by atoms with Crippen LogP contribution in [-0.4, -0.2) is 42.2 Å². The van der Waals surface area contributed by atoms with Crippen molar-refractivity contribution in [3.63, 3.8) is 0 Å². The van der Waals surface area contributed by atoms with Gasteiger partial charge in [0.25, 0.3) is 0 Å². The molecular weight excluding hydrogens is 272 g/mol. The Labute approximate surface area is 124 Å². The summed E-state index contributed by atoms with van der Waals surface area (Å²) in [6.07, 6.45) is 0.818. The molecule has 4 nitrogen and oxygen atoms in total. The van der Waals surface area contributed by atoms with E-state index in [0.717, 1.165) is 30.0 Å². The van der Waals surface area contributed by atoms with E-state index in [0.29, 0.717) is 13.1 Å². The molecule has 110 valence electrons. The number of fused-ring (bicyclic) bond motifs is 1. The minimum atomic E-state index is -0.0811. The average molecular weight is 294 g/mol. The van der Waals surface area contributed by atoms with Crippen molar-refractivity contribution in [2.45, 2.75) is 18.9 Å². The van der Waals surface area contributed by atoms with E-state index >= 15 is 0 Å². The highest BCUT2D eigenvalue weighted by atomic mass is 32.2. The highest BCUT2D eigenvalue weighted by Crippen LogP contribution is 2.23. The van der Waals surface area contributed by atoms with Gasteiger partial charge in [-0.05, 0) is 23.3 Å². The van der Waals surface area contributed by atoms with Crippen LogP contribution in [0.25, 0.3) is 0 Å². The van der Waals surface area contributed by atoms with Crippen LogP contribution in [0.2, 0.25) is 0 Å². The third kappa shape index (κ3) is 4.23. The second-order valence-corrected chi connectivity index (χ2v) is 6.09. The first kappa shape index (κ1) is 15.4. The molecule has 1 unspecified atom stereocenters. The van der Waals surface area contributed by atoms with E-state index in [1.54, 1.807) is 11.8 Å². The summed E-state index contributed by atoms with van der Waals surface area (Å²) in [7, 11) is 0. The lowest BCUT2D eigenvalue weighted by Gasteiger charge is -2.25. The number of hydrogen-bond acceptors (Lipinski definition) is 4. The van der Waals surface area contributed by atoms with E-state index in [1.807, 2.05) is 12.1 Å². The van der Waals surface area contributed by atoms with Crippen LogP contribution >= 0.6 is 11.8 Å². The first-order chi connectivity index (χ1) is 9.83. The fourth-order valence-corrected chi connectivity index (χ4v) is 3.15. The SMILES string of the molecule is O=C(NCCSCCCO)C1CNCc2ccccc21. The molecule has 0 spiro atoms. The molecule has 0 bridgehead atoms. The smallest absolute Gasteiger partial charge is 0.228 e. The zero-order chi connectivity index (χ0) is 14.2. The number of hydrogen-bond donors (Lipinski definition) is 3. The van der Waals surface area contributed by atoms with Crippen molar-refractivity contribution in [1.29, 1.82) is 0 Å². The maximum atomic E-state index is 12.2. The second kappa shape index (κ2) is 8.29. The lowest BCUT2D eigenvalue weighted by atomic mass is 9.90. The average Bonchev–Trinajstić information content (AvgIpc) is 2.50. The maximum Gasteiger partial charge on any atom is 0.228 e. The Morgan fingerprint density at radius 2 is 2.25 bits per heavy atom. The van der Waals surface area contributed by atoms with Crippen molar-refractivity contribution < 1.29 is 9.90 Å². The van der Waals surface area contributed by atoms with Gasteiger partial charge in [0.2, 0.25) is 5.91 Å². The van der Waals surface area contributed by atoms with Crippen LogP contribution in [0, 0.1) is 0 Å². The Kier molecular flexibility index (Phi) is 6.36. The maximum absolute atomic E-state index is 12.2. The van der Waals surface area contributed by atoms with Crippen molar-refractivity contribution in [3.05, 3.63) is 35.4 Å². The lowest BCUT2D eigenvalue weighted by molar-refractivity contribution is -0.122. The summed E-state index contributed by atoms with van der Waals surface area (Å²) in [4.78, 5) is 12.2. The van der Waals surface area contributed by atoms with Crippen molar-refractivity contribution in [2.24, 2.45) is 0 Å². The highest BCUT2D eigenvalue weighted by molar-refractivity contribution is 7.99. The minimum absolute atomic E-state index is 0.0811. The fraction of sp³-hybridized carbons (Fsp3) is 0.533. The molecule has 1 amide bonds. The molecule has 20 heavy (non-hydrogen) atoms. The van der Waals surface area contributed by atoms with Crippen LogP contribution in [-0.2, 0) is 11.3 Å². The predicted molar refractivity (Wildman–Crippen MR) is 82.9 cm³/mol. The third-order valence-electron chi connectivity index (χ3n) is 3.40. The van der Waals surface area contributed by atoms with Crippen molar-refractivity contribution in [1.82, 2.24) is 10.6 Å². The zero-order valence-corrected chi connectivity index (χ0v) is 12.4. The van der Waals surface area contributed by atoms with E-state index in [4.69, 9.17) is 5.11 Å². The van der Waals surface area contributed by atoms with Crippen LogP contribution in [0.3, 0.4) is 0 Å². The summed E-state index contributed by atoms with van der Waals surface area (Å²) >= 11 is 1.76. The highest BCUT2D eigenvalue weighted by Gasteiger charge is 2.25. The summed E-state index contributed by atoms with van der Waals surface area (Å²) in [5.74, 6) is 1.86. The van der Waals surface area contributed by atoms with Crippen LogP contribution in [0.5, 0.6) is 0 Å². The number of aliphatic hydroxyl groups excluding tert-OH is 1. The first-order valence-corrected chi connectivity index (χ1v) is 8.23. The van der Waals surface area contributed by atoms with Gasteiger partial charge in [0, 0.05) is 32.0 Å². The molecular formula is C15H22N2O2S. The lowest BCUT2D eigenvalue weighted by Crippen LogP contribution is -2.39. The summed E-state index contributed by atoms with van der Waals surface area (Å²) in [6.45, 7) is 2.48. The number of carbonyl (C=O) groups is 1. The topological polar surface area (TPSA) is 61.4 Å². The Hall–Kier alpha value is -1.04. The quantitative estimate of drug-likeness (QED) is 0.659. The van der Waals surface area contributed by atoms with Gasteiger partial charge in [-0.1, -0.05) is 24.3 Å². The molecule has 1 atom stereocenters. The molecule has 2 rings (SSSR count). The Balaban J connectivity index is 1.79. The number of rotatable bonds is 7. The van der Waals surface area contributed by atoms with Gasteiger partial charge >= 0.3 is 0 Å². The van der Waals surface area contributed by atoms with Gasteiger partial charge in [-0.3, -0.25) is 4.79 Å². The minimum Gasteiger partial charge on any atom is -0.396 e. The largest absolute Gasteiger partial charge is 0.396 e. The number of amides is 1. The molecule has 0 saturated carbocycles. The number of nitrogens with one attached hydrogen (secondary N) is 2. The van der Waals surface area contributed by atoms with Gasteiger partial charge in [0.05, 0.1) is 5.92 Å². The van der Waals surface area contributed by atoms with Gasteiger partial charge in [-0.2, -0.15) is 11.8 Å². The molecule has 1 aliphatic heterocycles. The Bertz CT molecular complexity index is 440. The number of thioether (sulfide) groups is 1. The number of benzene rings is 1. The molecule has 1 aliphatic rings. The van der Waals surface area contributed by atoms with E-state index in [2.05, 4.69) is 22.8 Å². The van der Waals surface area contributed by atoms with E-state index in [9.17, 15) is 4.79 Å². The normalized spacial score (nSPS) is 17.6. The molecule has 1 aromatic rings. The molecule has 1 aromatic carbocycles. The van der Waals surface area contributed by atoms with E-state index in [1.165, 1.54) is 5.56 Å². The second-order valence-electron chi connectivity index (χ2n) is 4.86. The summed E-state index contributed by atoms with van der Waals surface area (Å²) in [6, 6.07) is 8.14. The van der Waals surface area contributed by atoms with Crippen molar-refractivity contribution in [2.75, 3.05) is 31.2 Å². The molecule has 0 radical (unpaired) electrons. The molecule has 1 heterocycles. The summed E-state index contributed by atoms with van der Waals surface area (Å²) < 4.78 is 0. The Morgan fingerprint density at radius 1 is 1.40 bits per heavy atom. The molecule has 0 aromatic heterocycles. The molecule has 0 saturated heterocycles. The molecule has 0 aliphatic carbocycles. The van der Waals surface area contributed by atoms with Crippen LogP contribution in [0.1, 0.15) is 23.5 Å². The summed E-state index contributed by atoms with van der Waals surface area (Å²) in [5.41, 5.74) is 2.37. The van der Waals surface area contributed by atoms with Crippen LogP contribution < -0.4 is 10.6 Å². The van der Waals surface area contributed by atoms with Crippen LogP contribution in [0.4, 0.5) is 0 Å². The van der Waals surface area contributed by atoms with Gasteiger partial charge in [-0.25, -0.2) is 0 Å². The first-order valence-electron chi connectivity index (χ1n) is 7.07. The van der Waals surface area contributed by atoms with Crippen molar-refractivity contribution >= 4 is 17.7 Å². The molecule has 3 N–H and O–H groups in total. The monoisotopic (exact) mass is 294 g/mol. The fourth-order valence-electron chi connectivity index (χ4n) is 2.37. The van der Waals surface area contributed by atoms with Gasteiger partial charge in [0.15, 0.2) is 0 Å². The third-order valence-corrected chi connectivity index (χ3v) is 4.47. The Morgan fingerprint density at radius 3 is 3.10 bits per heavy atom. The number of carbonyl (C=O) groups excluding carboxylic acids is 1. The standard InChI is InChI=1S/C15H22N2O2S/c18-7-3-8-20-9-6-17-15(19)14-11-16-10-12-4-1-2-5-13(12)14/h1-2,4-5,14,16,18H,3,6-11H2,(H,17,19). The van der Waals surface area contributed by atoms with Gasteiger partial charge in [0.1, 0.15) is 0 Å². The van der Waals surface area contributed by atoms with Gasteiger partial charge in [-0.15, -0.1) is 0 Å². The van der Waals surface area contributed by atoms with Crippen molar-refractivity contribution in [3.8, 4) is 0 Å². The molecule has 5 heteroatoms. The summed E-state index contributed by atoms with van der Waals surface area (Å²) in [5, 5.41) is 15.0.